The molecule has 0 fully saturated rings. The Kier molecular flexibility index (Phi) is 3.09. The second kappa shape index (κ2) is 4.04. The van der Waals surface area contributed by atoms with Gasteiger partial charge in [-0.3, -0.25) is 0 Å². The quantitative estimate of drug-likeness (QED) is 0.787. The Hall–Kier alpha value is -0.450. The van der Waals surface area contributed by atoms with Crippen molar-refractivity contribution in [2.45, 2.75) is 31.6 Å². The largest absolute Gasteiger partial charge is 0.487 e. The standard InChI is InChI=1S/C11H12Cl2O3S/c1-11(2)5-7-3-9(12)4-8(10(7)16-11)6-17(13,14)15/h3-4H,5-6H2,1-2H3. The van der Waals surface area contributed by atoms with E-state index in [-0.39, 0.29) is 11.4 Å². The smallest absolute Gasteiger partial charge is 0.236 e. The molecular formula is C11H12Cl2O3S. The third-order valence-corrected chi connectivity index (χ3v) is 3.73. The third kappa shape index (κ3) is 3.06. The summed E-state index contributed by atoms with van der Waals surface area (Å²) in [7, 11) is 1.65. The van der Waals surface area contributed by atoms with Crippen LogP contribution in [0.25, 0.3) is 0 Å². The first kappa shape index (κ1) is 13.0. The fourth-order valence-electron chi connectivity index (χ4n) is 2.04. The molecule has 0 aliphatic carbocycles. The van der Waals surface area contributed by atoms with Crippen molar-refractivity contribution in [3.63, 3.8) is 0 Å². The number of rotatable bonds is 2. The Balaban J connectivity index is 2.49. The van der Waals surface area contributed by atoms with Crippen molar-refractivity contribution in [1.29, 1.82) is 0 Å². The molecule has 0 aromatic heterocycles. The summed E-state index contributed by atoms with van der Waals surface area (Å²) >= 11 is 5.96. The summed E-state index contributed by atoms with van der Waals surface area (Å²) in [5, 5.41) is 0.500. The minimum Gasteiger partial charge on any atom is -0.487 e. The van der Waals surface area contributed by atoms with Gasteiger partial charge in [-0.2, -0.15) is 0 Å². The lowest BCUT2D eigenvalue weighted by molar-refractivity contribution is 0.137. The van der Waals surface area contributed by atoms with Gasteiger partial charge in [0.15, 0.2) is 0 Å². The van der Waals surface area contributed by atoms with Crippen LogP contribution in [0.4, 0.5) is 0 Å². The van der Waals surface area contributed by atoms with Gasteiger partial charge in [-0.15, -0.1) is 0 Å². The van der Waals surface area contributed by atoms with Crippen LogP contribution in [-0.2, 0) is 21.2 Å². The average Bonchev–Trinajstić information content (AvgIpc) is 2.36. The zero-order valence-electron chi connectivity index (χ0n) is 9.46. The van der Waals surface area contributed by atoms with Crippen LogP contribution >= 0.6 is 22.3 Å². The van der Waals surface area contributed by atoms with Crippen molar-refractivity contribution in [2.24, 2.45) is 0 Å². The van der Waals surface area contributed by atoms with Crippen LogP contribution in [0.1, 0.15) is 25.0 Å². The van der Waals surface area contributed by atoms with Gasteiger partial charge in [0.05, 0.1) is 5.75 Å². The number of hydrogen-bond donors (Lipinski definition) is 0. The van der Waals surface area contributed by atoms with Gasteiger partial charge in [0.25, 0.3) is 0 Å². The molecule has 0 bridgehead atoms. The SMILES string of the molecule is CC1(C)Cc2cc(Cl)cc(CS(=O)(=O)Cl)c2O1. The van der Waals surface area contributed by atoms with Crippen molar-refractivity contribution in [2.75, 3.05) is 0 Å². The minimum absolute atomic E-state index is 0.270. The lowest BCUT2D eigenvalue weighted by Crippen LogP contribution is -2.24. The molecule has 1 heterocycles. The van der Waals surface area contributed by atoms with E-state index in [1.807, 2.05) is 13.8 Å². The van der Waals surface area contributed by atoms with Gasteiger partial charge in [0.2, 0.25) is 9.05 Å². The lowest BCUT2D eigenvalue weighted by atomic mass is 10.0. The molecule has 0 amide bonds. The van der Waals surface area contributed by atoms with Crippen molar-refractivity contribution in [3.8, 4) is 5.75 Å². The molecule has 3 nitrogen and oxygen atoms in total. The summed E-state index contributed by atoms with van der Waals surface area (Å²) in [4.78, 5) is 0. The average molecular weight is 295 g/mol. The first-order chi connectivity index (χ1) is 7.66. The minimum atomic E-state index is -3.62. The summed E-state index contributed by atoms with van der Waals surface area (Å²) < 4.78 is 28.0. The van der Waals surface area contributed by atoms with Crippen LogP contribution in [0.2, 0.25) is 5.02 Å². The molecule has 6 heteroatoms. The van der Waals surface area contributed by atoms with Gasteiger partial charge in [-0.1, -0.05) is 11.6 Å². The summed E-state index contributed by atoms with van der Waals surface area (Å²) in [6.07, 6.45) is 0.707. The van der Waals surface area contributed by atoms with Crippen LogP contribution in [0, 0.1) is 0 Å². The number of benzene rings is 1. The molecule has 17 heavy (non-hydrogen) atoms. The number of fused-ring (bicyclic) bond motifs is 1. The Bertz CT molecular complexity index is 564. The summed E-state index contributed by atoms with van der Waals surface area (Å²) in [5.74, 6) is 0.330. The first-order valence-electron chi connectivity index (χ1n) is 5.09. The van der Waals surface area contributed by atoms with Crippen LogP contribution in [0.15, 0.2) is 12.1 Å². The molecule has 0 saturated heterocycles. The first-order valence-corrected chi connectivity index (χ1v) is 7.95. The second-order valence-corrected chi connectivity index (χ2v) is 7.99. The molecule has 1 aromatic carbocycles. The maximum absolute atomic E-state index is 11.1. The van der Waals surface area contributed by atoms with Gasteiger partial charge in [0, 0.05) is 27.7 Å². The number of halogens is 2. The number of hydrogen-bond acceptors (Lipinski definition) is 3. The molecule has 0 unspecified atom stereocenters. The van der Waals surface area contributed by atoms with Crippen molar-refractivity contribution in [1.82, 2.24) is 0 Å². The van der Waals surface area contributed by atoms with Gasteiger partial charge >= 0.3 is 0 Å². The Morgan fingerprint density at radius 2 is 2.06 bits per heavy atom. The van der Waals surface area contributed by atoms with E-state index >= 15 is 0 Å². The molecule has 0 saturated carbocycles. The van der Waals surface area contributed by atoms with Gasteiger partial charge in [0.1, 0.15) is 11.4 Å². The van der Waals surface area contributed by atoms with Crippen LogP contribution in [0.3, 0.4) is 0 Å². The Morgan fingerprint density at radius 1 is 1.41 bits per heavy atom. The zero-order chi connectivity index (χ0) is 12.8. The van der Waals surface area contributed by atoms with Gasteiger partial charge in [-0.25, -0.2) is 8.42 Å². The highest BCUT2D eigenvalue weighted by Crippen LogP contribution is 2.40. The molecule has 1 aliphatic heterocycles. The fourth-order valence-corrected chi connectivity index (χ4v) is 3.24. The predicted molar refractivity (Wildman–Crippen MR) is 68.3 cm³/mol. The molecular weight excluding hydrogens is 283 g/mol. The van der Waals surface area contributed by atoms with E-state index in [1.54, 1.807) is 12.1 Å². The molecule has 0 atom stereocenters. The highest BCUT2D eigenvalue weighted by molar-refractivity contribution is 8.13. The summed E-state index contributed by atoms with van der Waals surface area (Å²) in [6.45, 7) is 3.89. The van der Waals surface area contributed by atoms with Crippen LogP contribution < -0.4 is 4.74 Å². The maximum Gasteiger partial charge on any atom is 0.236 e. The Morgan fingerprint density at radius 3 is 2.65 bits per heavy atom. The molecule has 1 aliphatic rings. The van der Waals surface area contributed by atoms with Crippen LogP contribution in [0.5, 0.6) is 5.75 Å². The molecule has 0 spiro atoms. The summed E-state index contributed by atoms with van der Waals surface area (Å²) in [5.41, 5.74) is 1.11. The second-order valence-electron chi connectivity index (χ2n) is 4.77. The van der Waals surface area contributed by atoms with Crippen molar-refractivity contribution < 1.29 is 13.2 Å². The van der Waals surface area contributed by atoms with E-state index in [2.05, 4.69) is 0 Å². The predicted octanol–water partition coefficient (Wildman–Crippen LogP) is 3.12. The summed E-state index contributed by atoms with van der Waals surface area (Å²) in [6, 6.07) is 3.39. The normalized spacial score (nSPS) is 17.6. The molecule has 0 radical (unpaired) electrons. The highest BCUT2D eigenvalue weighted by atomic mass is 35.7. The van der Waals surface area contributed by atoms with Crippen molar-refractivity contribution in [3.05, 3.63) is 28.3 Å². The van der Waals surface area contributed by atoms with Crippen LogP contribution in [-0.4, -0.2) is 14.0 Å². The third-order valence-electron chi connectivity index (χ3n) is 2.53. The monoisotopic (exact) mass is 294 g/mol. The molecule has 94 valence electrons. The van der Waals surface area contributed by atoms with Gasteiger partial charge in [-0.05, 0) is 31.5 Å². The van der Waals surface area contributed by atoms with E-state index < -0.39 is 9.05 Å². The van der Waals surface area contributed by atoms with E-state index in [9.17, 15) is 8.42 Å². The number of ether oxygens (including phenoxy) is 1. The lowest BCUT2D eigenvalue weighted by Gasteiger charge is -2.18. The topological polar surface area (TPSA) is 43.4 Å². The van der Waals surface area contributed by atoms with E-state index in [0.29, 0.717) is 22.8 Å². The Labute approximate surface area is 110 Å². The highest BCUT2D eigenvalue weighted by Gasteiger charge is 2.32. The van der Waals surface area contributed by atoms with E-state index in [0.717, 1.165) is 5.56 Å². The maximum atomic E-state index is 11.1. The van der Waals surface area contributed by atoms with Gasteiger partial charge < -0.3 is 4.74 Å². The molecule has 2 rings (SSSR count). The molecule has 1 aromatic rings. The van der Waals surface area contributed by atoms with E-state index in [1.165, 1.54) is 0 Å². The van der Waals surface area contributed by atoms with E-state index in [4.69, 9.17) is 27.0 Å². The zero-order valence-corrected chi connectivity index (χ0v) is 11.8. The molecule has 0 N–H and O–H groups in total. The van der Waals surface area contributed by atoms with Crippen molar-refractivity contribution >= 4 is 31.3 Å². The fraction of sp³-hybridized carbons (Fsp3) is 0.455.